The summed E-state index contributed by atoms with van der Waals surface area (Å²) in [5, 5.41) is 8.24. The van der Waals surface area contributed by atoms with Gasteiger partial charge in [-0.3, -0.25) is 9.59 Å². The molecule has 0 radical (unpaired) electrons. The van der Waals surface area contributed by atoms with E-state index in [0.29, 0.717) is 23.6 Å². The predicted octanol–water partition coefficient (Wildman–Crippen LogP) is 5.15. The molecule has 1 aromatic heterocycles. The summed E-state index contributed by atoms with van der Waals surface area (Å²) in [6.45, 7) is 4.38. The fourth-order valence-corrected chi connectivity index (χ4v) is 3.73. The summed E-state index contributed by atoms with van der Waals surface area (Å²) in [5.41, 5.74) is 3.90. The third-order valence-corrected chi connectivity index (χ3v) is 5.73. The molecule has 0 aliphatic carbocycles. The van der Waals surface area contributed by atoms with Crippen molar-refractivity contribution in [1.82, 2.24) is 10.6 Å². The van der Waals surface area contributed by atoms with E-state index in [1.807, 2.05) is 67.8 Å². The van der Waals surface area contributed by atoms with Gasteiger partial charge in [-0.25, -0.2) is 0 Å². The number of rotatable bonds is 7. The van der Waals surface area contributed by atoms with Crippen molar-refractivity contribution < 1.29 is 9.59 Å². The molecular formula is C24H23ClN2O2S. The van der Waals surface area contributed by atoms with Crippen molar-refractivity contribution >= 4 is 40.8 Å². The third-order valence-electron chi connectivity index (χ3n) is 4.68. The second kappa shape index (κ2) is 10.2. The van der Waals surface area contributed by atoms with Crippen molar-refractivity contribution in [3.63, 3.8) is 0 Å². The lowest BCUT2D eigenvalue weighted by molar-refractivity contribution is -0.117. The topological polar surface area (TPSA) is 58.2 Å². The van der Waals surface area contributed by atoms with Crippen molar-refractivity contribution in [1.29, 1.82) is 0 Å². The first-order valence-corrected chi connectivity index (χ1v) is 10.8. The Kier molecular flexibility index (Phi) is 7.44. The Morgan fingerprint density at radius 1 is 1.03 bits per heavy atom. The average Bonchev–Trinajstić information content (AvgIpc) is 3.22. The lowest BCUT2D eigenvalue weighted by atomic mass is 10.1. The standard InChI is InChI=1S/C24H23ClN2O2S/c1-16-8-9-19(13-17(16)2)23(28)27-22(15-21-7-4-12-30-21)24(29)26-11-10-18-5-3-6-20(25)14-18/h3-9,12-15H,10-11H2,1-2H3,(H,26,29)(H,27,28). The average molecular weight is 439 g/mol. The first-order valence-electron chi connectivity index (χ1n) is 9.59. The van der Waals surface area contributed by atoms with Crippen LogP contribution in [-0.2, 0) is 11.2 Å². The number of halogens is 1. The Morgan fingerprint density at radius 2 is 1.87 bits per heavy atom. The maximum Gasteiger partial charge on any atom is 0.267 e. The monoisotopic (exact) mass is 438 g/mol. The molecule has 0 saturated carbocycles. The van der Waals surface area contributed by atoms with E-state index in [0.717, 1.165) is 21.6 Å². The molecule has 0 aliphatic rings. The minimum absolute atomic E-state index is 0.215. The number of nitrogens with one attached hydrogen (secondary N) is 2. The molecule has 30 heavy (non-hydrogen) atoms. The van der Waals surface area contributed by atoms with Gasteiger partial charge in [-0.1, -0.05) is 35.9 Å². The van der Waals surface area contributed by atoms with Crippen LogP contribution in [0.2, 0.25) is 5.02 Å². The Labute approximate surface area is 185 Å². The van der Waals surface area contributed by atoms with E-state index in [4.69, 9.17) is 11.6 Å². The predicted molar refractivity (Wildman–Crippen MR) is 124 cm³/mol. The smallest absolute Gasteiger partial charge is 0.267 e. The van der Waals surface area contributed by atoms with Crippen molar-refractivity contribution in [2.24, 2.45) is 0 Å². The number of amides is 2. The van der Waals surface area contributed by atoms with E-state index in [1.54, 1.807) is 12.1 Å². The molecule has 0 fully saturated rings. The van der Waals surface area contributed by atoms with Crippen LogP contribution in [0.5, 0.6) is 0 Å². The van der Waals surface area contributed by atoms with Gasteiger partial charge in [-0.15, -0.1) is 11.3 Å². The molecule has 6 heteroatoms. The number of hydrogen-bond donors (Lipinski definition) is 2. The number of thiophene rings is 1. The number of benzene rings is 2. The molecule has 4 nitrogen and oxygen atoms in total. The van der Waals surface area contributed by atoms with Crippen molar-refractivity contribution in [3.05, 3.63) is 97.8 Å². The molecule has 2 N–H and O–H groups in total. The van der Waals surface area contributed by atoms with Crippen molar-refractivity contribution in [2.45, 2.75) is 20.3 Å². The van der Waals surface area contributed by atoms with Gasteiger partial charge in [0.25, 0.3) is 11.8 Å². The minimum Gasteiger partial charge on any atom is -0.350 e. The van der Waals surface area contributed by atoms with Gasteiger partial charge >= 0.3 is 0 Å². The fraction of sp³-hybridized carbons (Fsp3) is 0.167. The normalized spacial score (nSPS) is 11.2. The van der Waals surface area contributed by atoms with Crippen LogP contribution in [0.25, 0.3) is 6.08 Å². The molecule has 0 aliphatic heterocycles. The molecule has 3 aromatic rings. The first-order chi connectivity index (χ1) is 14.4. The summed E-state index contributed by atoms with van der Waals surface area (Å²) in [6, 6.07) is 16.8. The van der Waals surface area contributed by atoms with Crippen LogP contribution >= 0.6 is 22.9 Å². The minimum atomic E-state index is -0.331. The van der Waals surface area contributed by atoms with E-state index < -0.39 is 0 Å². The third kappa shape index (κ3) is 6.05. The van der Waals surface area contributed by atoms with Crippen LogP contribution in [-0.4, -0.2) is 18.4 Å². The molecular weight excluding hydrogens is 416 g/mol. The Hall–Kier alpha value is -2.89. The van der Waals surface area contributed by atoms with Gasteiger partial charge in [-0.05, 0) is 78.7 Å². The maximum absolute atomic E-state index is 12.8. The maximum atomic E-state index is 12.8. The summed E-state index contributed by atoms with van der Waals surface area (Å²) in [6.07, 6.45) is 2.34. The van der Waals surface area contributed by atoms with E-state index in [1.165, 1.54) is 11.3 Å². The van der Waals surface area contributed by atoms with Gasteiger partial charge in [0, 0.05) is 22.0 Å². The largest absolute Gasteiger partial charge is 0.350 e. The molecule has 1 heterocycles. The summed E-state index contributed by atoms with van der Waals surface area (Å²) in [4.78, 5) is 26.4. The first kappa shape index (κ1) is 21.8. The summed E-state index contributed by atoms with van der Waals surface area (Å²) in [5.74, 6) is -0.645. The second-order valence-electron chi connectivity index (χ2n) is 6.96. The van der Waals surface area contributed by atoms with E-state index in [-0.39, 0.29) is 17.5 Å². The number of hydrogen-bond acceptors (Lipinski definition) is 3. The molecule has 0 bridgehead atoms. The van der Waals surface area contributed by atoms with Crippen LogP contribution < -0.4 is 10.6 Å². The quantitative estimate of drug-likeness (QED) is 0.501. The zero-order valence-corrected chi connectivity index (χ0v) is 18.4. The molecule has 0 spiro atoms. The van der Waals surface area contributed by atoms with Crippen LogP contribution in [0.3, 0.4) is 0 Å². The highest BCUT2D eigenvalue weighted by Gasteiger charge is 2.15. The molecule has 2 amide bonds. The molecule has 154 valence electrons. The Balaban J connectivity index is 1.71. The number of carbonyl (C=O) groups is 2. The van der Waals surface area contributed by atoms with Gasteiger partial charge < -0.3 is 10.6 Å². The highest BCUT2D eigenvalue weighted by Crippen LogP contribution is 2.15. The van der Waals surface area contributed by atoms with E-state index in [9.17, 15) is 9.59 Å². The van der Waals surface area contributed by atoms with Gasteiger partial charge in [0.05, 0.1) is 0 Å². The van der Waals surface area contributed by atoms with Crippen LogP contribution in [0, 0.1) is 13.8 Å². The van der Waals surface area contributed by atoms with Crippen LogP contribution in [0.1, 0.15) is 31.9 Å². The highest BCUT2D eigenvalue weighted by atomic mass is 35.5. The molecule has 0 unspecified atom stereocenters. The molecule has 0 saturated heterocycles. The van der Waals surface area contributed by atoms with Crippen molar-refractivity contribution in [3.8, 4) is 0 Å². The number of carbonyl (C=O) groups excluding carboxylic acids is 2. The summed E-state index contributed by atoms with van der Waals surface area (Å²) >= 11 is 7.51. The SMILES string of the molecule is Cc1ccc(C(=O)NC(=Cc2cccs2)C(=O)NCCc2cccc(Cl)c2)cc1C. The molecule has 2 aromatic carbocycles. The van der Waals surface area contributed by atoms with Gasteiger partial charge in [0.15, 0.2) is 0 Å². The fourth-order valence-electron chi connectivity index (χ4n) is 2.86. The zero-order chi connectivity index (χ0) is 21.5. The van der Waals surface area contributed by atoms with Crippen LogP contribution in [0.4, 0.5) is 0 Å². The molecule has 3 rings (SSSR count). The van der Waals surface area contributed by atoms with E-state index in [2.05, 4.69) is 10.6 Å². The second-order valence-corrected chi connectivity index (χ2v) is 8.38. The zero-order valence-electron chi connectivity index (χ0n) is 16.9. The van der Waals surface area contributed by atoms with Gasteiger partial charge in [0.2, 0.25) is 0 Å². The lowest BCUT2D eigenvalue weighted by Gasteiger charge is -2.12. The van der Waals surface area contributed by atoms with Crippen LogP contribution in [0.15, 0.2) is 65.7 Å². The summed E-state index contributed by atoms with van der Waals surface area (Å²) in [7, 11) is 0. The summed E-state index contributed by atoms with van der Waals surface area (Å²) < 4.78 is 0. The van der Waals surface area contributed by atoms with Gasteiger partial charge in [-0.2, -0.15) is 0 Å². The lowest BCUT2D eigenvalue weighted by Crippen LogP contribution is -2.35. The highest BCUT2D eigenvalue weighted by molar-refractivity contribution is 7.10. The van der Waals surface area contributed by atoms with Crippen molar-refractivity contribution in [2.75, 3.05) is 6.54 Å². The van der Waals surface area contributed by atoms with E-state index >= 15 is 0 Å². The number of aryl methyl sites for hydroxylation is 2. The Morgan fingerprint density at radius 3 is 2.57 bits per heavy atom. The van der Waals surface area contributed by atoms with Gasteiger partial charge in [0.1, 0.15) is 5.70 Å². The molecule has 0 atom stereocenters. The Bertz CT molecular complexity index is 1070.